The van der Waals surface area contributed by atoms with E-state index in [2.05, 4.69) is 5.43 Å². The second-order valence-electron chi connectivity index (χ2n) is 4.82. The van der Waals surface area contributed by atoms with Gasteiger partial charge in [0.25, 0.3) is 0 Å². The maximum Gasteiger partial charge on any atom is 0.243 e. The van der Waals surface area contributed by atoms with E-state index in [1.807, 2.05) is 6.92 Å². The van der Waals surface area contributed by atoms with Gasteiger partial charge in [0.15, 0.2) is 0 Å². The highest BCUT2D eigenvalue weighted by atomic mass is 32.2. The van der Waals surface area contributed by atoms with Gasteiger partial charge in [0, 0.05) is 18.3 Å². The van der Waals surface area contributed by atoms with E-state index in [1.165, 1.54) is 0 Å². The van der Waals surface area contributed by atoms with Crippen LogP contribution in [0.3, 0.4) is 0 Å². The number of hydrazine groups is 1. The summed E-state index contributed by atoms with van der Waals surface area (Å²) < 4.78 is 26.9. The van der Waals surface area contributed by atoms with Crippen LogP contribution < -0.4 is 11.3 Å². The van der Waals surface area contributed by atoms with Gasteiger partial charge in [-0.15, -0.1) is 0 Å². The summed E-state index contributed by atoms with van der Waals surface area (Å²) in [6.45, 7) is 2.41. The van der Waals surface area contributed by atoms with Gasteiger partial charge >= 0.3 is 0 Å². The van der Waals surface area contributed by atoms with Gasteiger partial charge in [-0.1, -0.05) is 19.8 Å². The van der Waals surface area contributed by atoms with Crippen LogP contribution in [0.15, 0.2) is 29.2 Å². The largest absolute Gasteiger partial charge is 0.324 e. The zero-order chi connectivity index (χ0) is 13.9. The Balaban J connectivity index is 2.27. The van der Waals surface area contributed by atoms with Crippen molar-refractivity contribution < 1.29 is 8.42 Å². The number of sulfonamides is 1. The lowest BCUT2D eigenvalue weighted by Crippen LogP contribution is -2.38. The lowest BCUT2D eigenvalue weighted by atomic mass is 10.2. The van der Waals surface area contributed by atoms with E-state index in [4.69, 9.17) is 5.84 Å². The highest BCUT2D eigenvalue weighted by Gasteiger charge is 2.31. The Labute approximate surface area is 114 Å². The van der Waals surface area contributed by atoms with E-state index in [0.29, 0.717) is 17.1 Å². The summed E-state index contributed by atoms with van der Waals surface area (Å²) >= 11 is 0. The number of nitrogens with zero attached hydrogens (tertiary/aromatic N) is 1. The summed E-state index contributed by atoms with van der Waals surface area (Å²) in [6, 6.07) is 6.71. The van der Waals surface area contributed by atoms with Crippen LogP contribution in [0.25, 0.3) is 0 Å². The zero-order valence-corrected chi connectivity index (χ0v) is 12.0. The Kier molecular flexibility index (Phi) is 4.44. The third-order valence-corrected chi connectivity index (χ3v) is 5.71. The number of anilines is 1. The van der Waals surface area contributed by atoms with Crippen molar-refractivity contribution in [2.75, 3.05) is 12.0 Å². The van der Waals surface area contributed by atoms with Gasteiger partial charge in [0.05, 0.1) is 4.90 Å². The van der Waals surface area contributed by atoms with E-state index >= 15 is 0 Å². The normalized spacial score (nSPS) is 17.0. The molecule has 0 atom stereocenters. The Morgan fingerprint density at radius 1 is 1.26 bits per heavy atom. The van der Waals surface area contributed by atoms with E-state index in [1.54, 1.807) is 28.6 Å². The monoisotopic (exact) mass is 283 g/mol. The second kappa shape index (κ2) is 5.90. The maximum atomic E-state index is 12.6. The molecule has 0 spiro atoms. The van der Waals surface area contributed by atoms with E-state index in [-0.39, 0.29) is 6.04 Å². The average molecular weight is 283 g/mol. The molecular formula is C13H21N3O2S. The zero-order valence-electron chi connectivity index (χ0n) is 11.2. The molecule has 106 valence electrons. The highest BCUT2D eigenvalue weighted by molar-refractivity contribution is 7.89. The van der Waals surface area contributed by atoms with Crippen molar-refractivity contribution in [1.29, 1.82) is 0 Å². The summed E-state index contributed by atoms with van der Waals surface area (Å²) in [5, 5.41) is 0. The van der Waals surface area contributed by atoms with Crippen molar-refractivity contribution in [3.8, 4) is 0 Å². The molecule has 19 heavy (non-hydrogen) atoms. The third kappa shape index (κ3) is 2.91. The van der Waals surface area contributed by atoms with Crippen molar-refractivity contribution in [1.82, 2.24) is 4.31 Å². The predicted octanol–water partition coefficient (Wildman–Crippen LogP) is 1.93. The molecule has 0 aliphatic heterocycles. The van der Waals surface area contributed by atoms with Crippen molar-refractivity contribution in [3.05, 3.63) is 24.3 Å². The first-order chi connectivity index (χ1) is 9.09. The summed E-state index contributed by atoms with van der Waals surface area (Å²) in [4.78, 5) is 0.334. The quantitative estimate of drug-likeness (QED) is 0.639. The van der Waals surface area contributed by atoms with Crippen LogP contribution in [0.4, 0.5) is 5.69 Å². The summed E-state index contributed by atoms with van der Waals surface area (Å²) in [5.41, 5.74) is 3.19. The average Bonchev–Trinajstić information content (AvgIpc) is 2.93. The molecule has 1 aromatic carbocycles. The Morgan fingerprint density at radius 3 is 2.32 bits per heavy atom. The molecule has 0 amide bonds. The second-order valence-corrected chi connectivity index (χ2v) is 6.71. The first-order valence-electron chi connectivity index (χ1n) is 6.68. The summed E-state index contributed by atoms with van der Waals surface area (Å²) in [7, 11) is -3.39. The smallest absolute Gasteiger partial charge is 0.243 e. The number of nitrogens with one attached hydrogen (secondary N) is 1. The van der Waals surface area contributed by atoms with Gasteiger partial charge in [0.1, 0.15) is 0 Å². The van der Waals surface area contributed by atoms with Crippen LogP contribution in [-0.4, -0.2) is 25.3 Å². The standard InChI is InChI=1S/C13H21N3O2S/c1-2-16(12-5-3-4-6-12)19(17,18)13-9-7-11(15-14)8-10-13/h7-10,12,15H,2-6,14H2,1H3. The minimum Gasteiger partial charge on any atom is -0.324 e. The predicted molar refractivity (Wildman–Crippen MR) is 76.1 cm³/mol. The number of benzene rings is 1. The topological polar surface area (TPSA) is 75.4 Å². The van der Waals surface area contributed by atoms with Crippen molar-refractivity contribution in [3.63, 3.8) is 0 Å². The minimum atomic E-state index is -3.39. The first-order valence-corrected chi connectivity index (χ1v) is 8.12. The molecule has 0 heterocycles. The maximum absolute atomic E-state index is 12.6. The lowest BCUT2D eigenvalue weighted by Gasteiger charge is -2.26. The van der Waals surface area contributed by atoms with E-state index in [9.17, 15) is 8.42 Å². The fourth-order valence-electron chi connectivity index (χ4n) is 2.68. The van der Waals surface area contributed by atoms with Gasteiger partial charge in [0.2, 0.25) is 10.0 Å². The van der Waals surface area contributed by atoms with Crippen LogP contribution in [0, 0.1) is 0 Å². The lowest BCUT2D eigenvalue weighted by molar-refractivity contribution is 0.335. The van der Waals surface area contributed by atoms with Gasteiger partial charge in [-0.25, -0.2) is 8.42 Å². The molecule has 2 rings (SSSR count). The molecule has 0 radical (unpaired) electrons. The van der Waals surface area contributed by atoms with E-state index in [0.717, 1.165) is 25.7 Å². The number of hydrogen-bond acceptors (Lipinski definition) is 4. The number of nitrogens with two attached hydrogens (primary N) is 1. The molecule has 1 saturated carbocycles. The first kappa shape index (κ1) is 14.3. The Morgan fingerprint density at radius 2 is 1.84 bits per heavy atom. The van der Waals surface area contributed by atoms with Crippen LogP contribution in [0.1, 0.15) is 32.6 Å². The van der Waals surface area contributed by atoms with Gasteiger partial charge < -0.3 is 5.43 Å². The molecule has 0 aromatic heterocycles. The summed E-state index contributed by atoms with van der Waals surface area (Å²) in [5.74, 6) is 5.28. The van der Waals surface area contributed by atoms with Crippen LogP contribution >= 0.6 is 0 Å². The van der Waals surface area contributed by atoms with Crippen molar-refractivity contribution in [2.45, 2.75) is 43.5 Å². The van der Waals surface area contributed by atoms with Gasteiger partial charge in [-0.3, -0.25) is 5.84 Å². The Hall–Kier alpha value is -1.11. The molecular weight excluding hydrogens is 262 g/mol. The van der Waals surface area contributed by atoms with Gasteiger partial charge in [-0.2, -0.15) is 4.31 Å². The van der Waals surface area contributed by atoms with Crippen LogP contribution in [0.5, 0.6) is 0 Å². The molecule has 0 saturated heterocycles. The molecule has 0 unspecified atom stereocenters. The molecule has 1 aliphatic carbocycles. The molecule has 1 aromatic rings. The fraction of sp³-hybridized carbons (Fsp3) is 0.538. The molecule has 6 heteroatoms. The van der Waals surface area contributed by atoms with Crippen molar-refractivity contribution >= 4 is 15.7 Å². The molecule has 1 aliphatic rings. The highest BCUT2D eigenvalue weighted by Crippen LogP contribution is 2.28. The molecule has 1 fully saturated rings. The third-order valence-electron chi connectivity index (χ3n) is 3.67. The van der Waals surface area contributed by atoms with Gasteiger partial charge in [-0.05, 0) is 37.1 Å². The van der Waals surface area contributed by atoms with Crippen molar-refractivity contribution in [2.24, 2.45) is 5.84 Å². The van der Waals surface area contributed by atoms with Crippen LogP contribution in [0.2, 0.25) is 0 Å². The number of hydrogen-bond donors (Lipinski definition) is 2. The molecule has 0 bridgehead atoms. The fourth-order valence-corrected chi connectivity index (χ4v) is 4.37. The number of rotatable bonds is 5. The molecule has 3 N–H and O–H groups in total. The molecule has 5 nitrogen and oxygen atoms in total. The van der Waals surface area contributed by atoms with E-state index < -0.39 is 10.0 Å². The SMILES string of the molecule is CCN(C1CCCC1)S(=O)(=O)c1ccc(NN)cc1. The Bertz CT molecular complexity index is 507. The minimum absolute atomic E-state index is 0.155. The number of nitrogen functional groups attached to an aromatic ring is 1. The summed E-state index contributed by atoms with van der Waals surface area (Å²) in [6.07, 6.45) is 4.17. The van der Waals surface area contributed by atoms with Crippen LogP contribution in [-0.2, 0) is 10.0 Å².